The summed E-state index contributed by atoms with van der Waals surface area (Å²) < 4.78 is 17.6. The first-order chi connectivity index (χ1) is 19.8. The van der Waals surface area contributed by atoms with Crippen LogP contribution in [0.15, 0.2) is 0 Å². The van der Waals surface area contributed by atoms with E-state index in [0.717, 1.165) is 0 Å². The number of nitrogens with two attached hydrogens (primary N) is 2. The van der Waals surface area contributed by atoms with Gasteiger partial charge in [-0.15, -0.1) is 0 Å². The Bertz CT molecular complexity index is 861. The van der Waals surface area contributed by atoms with Gasteiger partial charge < -0.3 is 82.5 Å². The predicted molar refractivity (Wildman–Crippen MR) is 144 cm³/mol. The minimum absolute atomic E-state index is 0.00510. The summed E-state index contributed by atoms with van der Waals surface area (Å²) in [5.41, 5.74) is 10.5. The fourth-order valence-electron chi connectivity index (χ4n) is 6.13. The Kier molecular flexibility index (Phi) is 12.8. The Morgan fingerprint density at radius 1 is 1.12 bits per heavy atom. The van der Waals surface area contributed by atoms with Gasteiger partial charge in [0.05, 0.1) is 43.6 Å². The first-order valence-corrected chi connectivity index (χ1v) is 14.3. The van der Waals surface area contributed by atoms with E-state index in [1.807, 2.05) is 0 Å². The molecule has 3 rings (SSSR count). The molecule has 0 aromatic heterocycles. The van der Waals surface area contributed by atoms with Crippen LogP contribution in [0.4, 0.5) is 0 Å². The van der Waals surface area contributed by atoms with Gasteiger partial charge in [-0.1, -0.05) is 0 Å². The first-order valence-electron chi connectivity index (χ1n) is 14.3. The van der Waals surface area contributed by atoms with Crippen LogP contribution in [0, 0.1) is 5.92 Å². The van der Waals surface area contributed by atoms with Crippen molar-refractivity contribution < 1.29 is 59.9 Å². The van der Waals surface area contributed by atoms with Gasteiger partial charge in [0.15, 0.2) is 6.29 Å². The second-order valence-electron chi connectivity index (χ2n) is 11.6. The number of carbonyl (C=O) groups is 1. The second-order valence-corrected chi connectivity index (χ2v) is 11.6. The molecule has 1 saturated carbocycles. The number of ether oxygens (including phenoxy) is 3. The Labute approximate surface area is 244 Å². The molecule has 3 fully saturated rings. The number of nitrogens with one attached hydrogen (secondary N) is 3. The van der Waals surface area contributed by atoms with Gasteiger partial charge in [0, 0.05) is 25.0 Å². The molecule has 0 aromatic carbocycles. The van der Waals surface area contributed by atoms with Crippen LogP contribution in [0.25, 0.3) is 0 Å². The Morgan fingerprint density at radius 3 is 2.43 bits per heavy atom. The van der Waals surface area contributed by atoms with E-state index in [9.17, 15) is 40.5 Å². The van der Waals surface area contributed by atoms with Crippen LogP contribution in [0.1, 0.15) is 19.8 Å². The normalized spacial score (nSPS) is 45.4. The second kappa shape index (κ2) is 15.2. The SMILES string of the molecule is CNC1C(O)C(OC2C(NC(=O)C(O)CCN)CC(N)C(C3OC(CNCCO)C(O)C(O)C3O)C2O)OCC1(C)O. The van der Waals surface area contributed by atoms with Crippen molar-refractivity contribution in [3.63, 3.8) is 0 Å². The summed E-state index contributed by atoms with van der Waals surface area (Å²) in [5, 5.41) is 92.7. The van der Waals surface area contributed by atoms with Crippen molar-refractivity contribution in [2.75, 3.05) is 39.9 Å². The molecular formula is C25H49N5O12. The standard InChI is InChI=1S/C25H49N5O12/c1-25(39)9-40-24(19(37)22(25)28-2)42-20-11(30-23(38)12(32)3-4-26)7-10(27)14(16(20)34)21-18(36)17(35)15(33)13(41-21)8-29-5-6-31/h10-22,24,28-29,31-37,39H,3-9,26-27H2,1-2H3,(H,30,38). The van der Waals surface area contributed by atoms with Gasteiger partial charge in [-0.2, -0.15) is 0 Å². The third-order valence-corrected chi connectivity index (χ3v) is 8.41. The number of rotatable bonds is 12. The van der Waals surface area contributed by atoms with Crippen LogP contribution in [-0.4, -0.2) is 172 Å². The van der Waals surface area contributed by atoms with Gasteiger partial charge in [-0.25, -0.2) is 0 Å². The number of hydrogen-bond acceptors (Lipinski definition) is 16. The Morgan fingerprint density at radius 2 is 1.81 bits per heavy atom. The average molecular weight is 612 g/mol. The average Bonchev–Trinajstić information content (AvgIpc) is 2.93. The van der Waals surface area contributed by atoms with Gasteiger partial charge >= 0.3 is 0 Å². The van der Waals surface area contributed by atoms with Crippen molar-refractivity contribution in [3.8, 4) is 0 Å². The zero-order valence-electron chi connectivity index (χ0n) is 23.9. The highest BCUT2D eigenvalue weighted by molar-refractivity contribution is 5.80. The summed E-state index contributed by atoms with van der Waals surface area (Å²) >= 11 is 0. The quantitative estimate of drug-likeness (QED) is 0.0912. The van der Waals surface area contributed by atoms with Gasteiger partial charge in [0.2, 0.25) is 5.91 Å². The highest BCUT2D eigenvalue weighted by Crippen LogP contribution is 2.37. The summed E-state index contributed by atoms with van der Waals surface area (Å²) in [6, 6.07) is -2.86. The molecule has 246 valence electrons. The maximum absolute atomic E-state index is 12.7. The molecule has 15 unspecified atom stereocenters. The highest BCUT2D eigenvalue weighted by atomic mass is 16.7. The van der Waals surface area contributed by atoms with Crippen molar-refractivity contribution in [1.29, 1.82) is 0 Å². The molecule has 42 heavy (non-hydrogen) atoms. The molecule has 17 nitrogen and oxygen atoms in total. The van der Waals surface area contributed by atoms with Crippen molar-refractivity contribution in [2.45, 2.75) is 105 Å². The lowest BCUT2D eigenvalue weighted by Gasteiger charge is -2.52. The molecule has 15 N–H and O–H groups in total. The maximum Gasteiger partial charge on any atom is 0.249 e. The molecule has 1 amide bonds. The molecule has 3 aliphatic rings. The summed E-state index contributed by atoms with van der Waals surface area (Å²) in [7, 11) is 1.53. The van der Waals surface area contributed by atoms with E-state index in [4.69, 9.17) is 30.8 Å². The number of hydrogen-bond donors (Lipinski definition) is 13. The fourth-order valence-corrected chi connectivity index (χ4v) is 6.13. The van der Waals surface area contributed by atoms with E-state index >= 15 is 0 Å². The van der Waals surface area contributed by atoms with Gasteiger partial charge in [0.1, 0.15) is 42.2 Å². The molecule has 2 saturated heterocycles. The molecule has 0 aromatic rings. The lowest BCUT2D eigenvalue weighted by Crippen LogP contribution is -2.71. The van der Waals surface area contributed by atoms with Crippen LogP contribution < -0.4 is 27.4 Å². The minimum Gasteiger partial charge on any atom is -0.395 e. The topological polar surface area (TPSA) is 295 Å². The lowest BCUT2D eigenvalue weighted by atomic mass is 9.72. The summed E-state index contributed by atoms with van der Waals surface area (Å²) in [6.07, 6.45) is -14.4. The largest absolute Gasteiger partial charge is 0.395 e. The van der Waals surface area contributed by atoms with Crippen LogP contribution >= 0.6 is 0 Å². The van der Waals surface area contributed by atoms with Crippen LogP contribution in [0.2, 0.25) is 0 Å². The number of amides is 1. The fraction of sp³-hybridized carbons (Fsp3) is 0.960. The van der Waals surface area contributed by atoms with Gasteiger partial charge in [-0.05, 0) is 33.4 Å². The molecular weight excluding hydrogens is 562 g/mol. The zero-order chi connectivity index (χ0) is 31.4. The molecule has 1 aliphatic carbocycles. The summed E-state index contributed by atoms with van der Waals surface area (Å²) in [6.45, 7) is 1.26. The predicted octanol–water partition coefficient (Wildman–Crippen LogP) is -7.24. The number of aliphatic hydroxyl groups is 8. The third-order valence-electron chi connectivity index (χ3n) is 8.41. The van der Waals surface area contributed by atoms with E-state index in [2.05, 4.69) is 16.0 Å². The smallest absolute Gasteiger partial charge is 0.249 e. The molecule has 15 atom stereocenters. The van der Waals surface area contributed by atoms with Crippen molar-refractivity contribution in [2.24, 2.45) is 17.4 Å². The summed E-state index contributed by atoms with van der Waals surface area (Å²) in [5.74, 6) is -1.90. The molecule has 0 radical (unpaired) electrons. The van der Waals surface area contributed by atoms with E-state index in [-0.39, 0.29) is 45.7 Å². The number of aliphatic hydroxyl groups excluding tert-OH is 7. The minimum atomic E-state index is -1.67. The third kappa shape index (κ3) is 7.74. The van der Waals surface area contributed by atoms with Crippen LogP contribution in [0.5, 0.6) is 0 Å². The maximum atomic E-state index is 12.7. The number of likely N-dealkylation sites (N-methyl/N-ethyl adjacent to an activating group) is 1. The van der Waals surface area contributed by atoms with Crippen molar-refractivity contribution in [3.05, 3.63) is 0 Å². The summed E-state index contributed by atoms with van der Waals surface area (Å²) in [4.78, 5) is 12.7. The van der Waals surface area contributed by atoms with E-state index in [0.29, 0.717) is 0 Å². The Hall–Kier alpha value is -1.13. The van der Waals surface area contributed by atoms with Crippen LogP contribution in [0.3, 0.4) is 0 Å². The zero-order valence-corrected chi connectivity index (χ0v) is 23.9. The highest BCUT2D eigenvalue weighted by Gasteiger charge is 2.56. The number of carbonyl (C=O) groups excluding carboxylic acids is 1. The van der Waals surface area contributed by atoms with Gasteiger partial charge in [0.25, 0.3) is 0 Å². The molecule has 0 bridgehead atoms. The monoisotopic (exact) mass is 611 g/mol. The van der Waals surface area contributed by atoms with Crippen LogP contribution in [-0.2, 0) is 19.0 Å². The van der Waals surface area contributed by atoms with E-state index < -0.39 is 96.8 Å². The molecule has 2 heterocycles. The lowest BCUT2D eigenvalue weighted by molar-refractivity contribution is -0.303. The first kappa shape index (κ1) is 35.4. The van der Waals surface area contributed by atoms with Crippen molar-refractivity contribution >= 4 is 5.91 Å². The van der Waals surface area contributed by atoms with E-state index in [1.165, 1.54) is 14.0 Å². The molecule has 2 aliphatic heterocycles. The molecule has 0 spiro atoms. The van der Waals surface area contributed by atoms with Crippen molar-refractivity contribution in [1.82, 2.24) is 16.0 Å². The Balaban J connectivity index is 1.89. The van der Waals surface area contributed by atoms with E-state index in [1.54, 1.807) is 0 Å². The van der Waals surface area contributed by atoms with Gasteiger partial charge in [-0.3, -0.25) is 4.79 Å². The molecule has 17 heteroatoms.